The first-order valence-corrected chi connectivity index (χ1v) is 29.4. The number of hydrogen-bond acceptors (Lipinski definition) is 6. The van der Waals surface area contributed by atoms with Gasteiger partial charge in [-0.05, 0) is 89.9 Å². The summed E-state index contributed by atoms with van der Waals surface area (Å²) in [4.78, 5) is 37.9. The summed E-state index contributed by atoms with van der Waals surface area (Å²) in [6, 6.07) is 0. The van der Waals surface area contributed by atoms with Crippen molar-refractivity contribution in [3.63, 3.8) is 0 Å². The monoisotopic (exact) mass is 985 g/mol. The maximum absolute atomic E-state index is 12.8. The first-order chi connectivity index (χ1) is 35.0. The van der Waals surface area contributed by atoms with Crippen molar-refractivity contribution < 1.29 is 28.6 Å². The summed E-state index contributed by atoms with van der Waals surface area (Å²) in [5, 5.41) is 0. The third kappa shape index (κ3) is 56.9. The second-order valence-corrected chi connectivity index (χ2v) is 19.2. The van der Waals surface area contributed by atoms with E-state index >= 15 is 0 Å². The highest BCUT2D eigenvalue weighted by Crippen LogP contribution is 2.15. The van der Waals surface area contributed by atoms with Gasteiger partial charge in [-0.3, -0.25) is 14.4 Å². The molecule has 0 aliphatic rings. The van der Waals surface area contributed by atoms with Crippen molar-refractivity contribution in [1.82, 2.24) is 0 Å². The molecule has 0 fully saturated rings. The molecule has 0 aromatic rings. The maximum Gasteiger partial charge on any atom is 0.306 e. The van der Waals surface area contributed by atoms with E-state index in [1.165, 1.54) is 89.9 Å². The third-order valence-electron chi connectivity index (χ3n) is 12.3. The van der Waals surface area contributed by atoms with Crippen LogP contribution in [0.3, 0.4) is 0 Å². The van der Waals surface area contributed by atoms with E-state index in [0.29, 0.717) is 19.3 Å². The van der Waals surface area contributed by atoms with Gasteiger partial charge in [-0.2, -0.15) is 0 Å². The van der Waals surface area contributed by atoms with Gasteiger partial charge in [0.25, 0.3) is 0 Å². The highest BCUT2D eigenvalue weighted by molar-refractivity contribution is 5.71. The molecule has 0 saturated carbocycles. The van der Waals surface area contributed by atoms with E-state index in [9.17, 15) is 14.4 Å². The van der Waals surface area contributed by atoms with Crippen LogP contribution in [0.5, 0.6) is 0 Å². The number of carbonyl (C=O) groups is 3. The summed E-state index contributed by atoms with van der Waals surface area (Å²) < 4.78 is 16.8. The fourth-order valence-corrected chi connectivity index (χ4v) is 7.91. The standard InChI is InChI=1S/C65H108O6/c1-4-7-10-13-16-19-21-23-24-25-26-27-28-29-30-31-32-33-34-35-36-37-38-39-40-41-42-43-45-46-49-52-55-58-64(67)70-61-62(60-69-63(66)57-54-51-48-18-15-12-9-6-3)71-65(68)59-56-53-50-47-44-22-20-17-14-11-8-5-2/h7,10,16,19,23-24,26-27,29-30,32-33,35-36,38-39,41-42,62H,4-6,8-9,11-15,17-18,20-22,25,28,31,34,37,40,43-61H2,1-3H3/b10-7-,19-16-,24-23-,27-26-,30-29-,33-32-,36-35-,39-38-,42-41-. The van der Waals surface area contributed by atoms with E-state index in [1.807, 2.05) is 0 Å². The Bertz CT molecular complexity index is 1460. The van der Waals surface area contributed by atoms with E-state index in [0.717, 1.165) is 135 Å². The number of carbonyl (C=O) groups excluding carboxylic acids is 3. The van der Waals surface area contributed by atoms with Crippen LogP contribution in [-0.4, -0.2) is 37.2 Å². The fraction of sp³-hybridized carbons (Fsp3) is 0.677. The van der Waals surface area contributed by atoms with Gasteiger partial charge in [0.15, 0.2) is 6.10 Å². The Morgan fingerprint density at radius 2 is 0.549 bits per heavy atom. The molecule has 1 unspecified atom stereocenters. The van der Waals surface area contributed by atoms with Crippen LogP contribution in [0.15, 0.2) is 109 Å². The summed E-state index contributed by atoms with van der Waals surface area (Å²) in [7, 11) is 0. The average Bonchev–Trinajstić information content (AvgIpc) is 3.37. The summed E-state index contributed by atoms with van der Waals surface area (Å²) in [6.07, 6.45) is 79.6. The summed E-state index contributed by atoms with van der Waals surface area (Å²) >= 11 is 0. The lowest BCUT2D eigenvalue weighted by molar-refractivity contribution is -0.167. The van der Waals surface area contributed by atoms with Crippen molar-refractivity contribution in [1.29, 1.82) is 0 Å². The molecule has 0 aromatic carbocycles. The minimum atomic E-state index is -0.781. The SMILES string of the molecule is CC/C=C\C/C=C\C/C=C\C/C=C\C/C=C\C/C=C\C/C=C\C/C=C\C/C=C\CCCCCCCC(=O)OCC(COC(=O)CCCCCCCCCC)OC(=O)CCCCCCCCCCCCCC. The first kappa shape index (κ1) is 67.1. The molecule has 0 heterocycles. The molecule has 0 saturated heterocycles. The zero-order valence-electron chi connectivity index (χ0n) is 46.2. The molecule has 0 aliphatic carbocycles. The van der Waals surface area contributed by atoms with Crippen molar-refractivity contribution in [2.24, 2.45) is 0 Å². The third-order valence-corrected chi connectivity index (χ3v) is 12.3. The van der Waals surface area contributed by atoms with Gasteiger partial charge in [0.2, 0.25) is 0 Å². The Balaban J connectivity index is 4.18. The van der Waals surface area contributed by atoms with E-state index < -0.39 is 6.10 Å². The fourth-order valence-electron chi connectivity index (χ4n) is 7.91. The molecule has 0 spiro atoms. The zero-order valence-corrected chi connectivity index (χ0v) is 46.2. The molecule has 0 radical (unpaired) electrons. The minimum absolute atomic E-state index is 0.0816. The molecular weight excluding hydrogens is 877 g/mol. The molecule has 0 bridgehead atoms. The van der Waals surface area contributed by atoms with Gasteiger partial charge in [-0.25, -0.2) is 0 Å². The normalized spacial score (nSPS) is 12.9. The van der Waals surface area contributed by atoms with Gasteiger partial charge in [-0.15, -0.1) is 0 Å². The van der Waals surface area contributed by atoms with Crippen LogP contribution >= 0.6 is 0 Å². The molecule has 0 amide bonds. The molecule has 6 nitrogen and oxygen atoms in total. The summed E-state index contributed by atoms with van der Waals surface area (Å²) in [5.74, 6) is -0.905. The van der Waals surface area contributed by atoms with Gasteiger partial charge in [-0.1, -0.05) is 265 Å². The van der Waals surface area contributed by atoms with Crippen molar-refractivity contribution in [2.75, 3.05) is 13.2 Å². The molecule has 0 aliphatic heterocycles. The zero-order chi connectivity index (χ0) is 51.4. The van der Waals surface area contributed by atoms with Gasteiger partial charge in [0.05, 0.1) is 0 Å². The molecule has 71 heavy (non-hydrogen) atoms. The predicted octanol–water partition coefficient (Wildman–Crippen LogP) is 19.9. The largest absolute Gasteiger partial charge is 0.462 e. The Hall–Kier alpha value is -3.93. The second-order valence-electron chi connectivity index (χ2n) is 19.2. The van der Waals surface area contributed by atoms with Gasteiger partial charge < -0.3 is 14.2 Å². The molecule has 0 aromatic heterocycles. The van der Waals surface area contributed by atoms with E-state index in [1.54, 1.807) is 0 Å². The molecule has 404 valence electrons. The van der Waals surface area contributed by atoms with Crippen molar-refractivity contribution in [2.45, 2.75) is 271 Å². The van der Waals surface area contributed by atoms with Crippen molar-refractivity contribution in [3.8, 4) is 0 Å². The number of hydrogen-bond donors (Lipinski definition) is 0. The molecule has 1 atom stereocenters. The van der Waals surface area contributed by atoms with Gasteiger partial charge >= 0.3 is 17.9 Å². The lowest BCUT2D eigenvalue weighted by Crippen LogP contribution is -2.30. The minimum Gasteiger partial charge on any atom is -0.462 e. The number of ether oxygens (including phenoxy) is 3. The maximum atomic E-state index is 12.8. The Morgan fingerprint density at radius 1 is 0.296 bits per heavy atom. The van der Waals surface area contributed by atoms with E-state index in [4.69, 9.17) is 14.2 Å². The molecular formula is C65H108O6. The Labute approximate surface area is 438 Å². The van der Waals surface area contributed by atoms with Crippen LogP contribution in [0, 0.1) is 0 Å². The van der Waals surface area contributed by atoms with Crippen LogP contribution < -0.4 is 0 Å². The summed E-state index contributed by atoms with van der Waals surface area (Å²) in [5.41, 5.74) is 0. The Morgan fingerprint density at radius 3 is 0.859 bits per heavy atom. The lowest BCUT2D eigenvalue weighted by Gasteiger charge is -2.18. The van der Waals surface area contributed by atoms with Gasteiger partial charge in [0.1, 0.15) is 13.2 Å². The van der Waals surface area contributed by atoms with E-state index in [2.05, 4.69) is 130 Å². The van der Waals surface area contributed by atoms with Crippen molar-refractivity contribution in [3.05, 3.63) is 109 Å². The van der Waals surface area contributed by atoms with E-state index in [-0.39, 0.29) is 31.1 Å². The van der Waals surface area contributed by atoms with Gasteiger partial charge in [0, 0.05) is 19.3 Å². The van der Waals surface area contributed by atoms with Crippen LogP contribution in [0.25, 0.3) is 0 Å². The average molecular weight is 986 g/mol. The number of rotatable bonds is 52. The molecule has 0 rings (SSSR count). The highest BCUT2D eigenvalue weighted by atomic mass is 16.6. The smallest absolute Gasteiger partial charge is 0.306 e. The molecule has 0 N–H and O–H groups in total. The quantitative estimate of drug-likeness (QED) is 0.0261. The molecule has 6 heteroatoms. The van der Waals surface area contributed by atoms with Crippen LogP contribution in [0.2, 0.25) is 0 Å². The van der Waals surface area contributed by atoms with Crippen LogP contribution in [0.4, 0.5) is 0 Å². The van der Waals surface area contributed by atoms with Crippen molar-refractivity contribution >= 4 is 17.9 Å². The lowest BCUT2D eigenvalue weighted by atomic mass is 10.0. The number of allylic oxidation sites excluding steroid dienone is 18. The topological polar surface area (TPSA) is 78.9 Å². The number of esters is 3. The second kappa shape index (κ2) is 58.6. The summed E-state index contributed by atoms with van der Waals surface area (Å²) in [6.45, 7) is 6.47. The van der Waals surface area contributed by atoms with Crippen LogP contribution in [0.1, 0.15) is 265 Å². The Kier molecular flexibility index (Phi) is 55.4. The first-order valence-electron chi connectivity index (χ1n) is 29.4. The van der Waals surface area contributed by atoms with Crippen LogP contribution in [-0.2, 0) is 28.6 Å². The predicted molar refractivity (Wildman–Crippen MR) is 307 cm³/mol. The highest BCUT2D eigenvalue weighted by Gasteiger charge is 2.19. The number of unbranched alkanes of at least 4 members (excludes halogenated alkanes) is 23.